The molecular weight excluding hydrogens is 302 g/mol. The molecule has 0 spiro atoms. The third-order valence-corrected chi connectivity index (χ3v) is 4.95. The first kappa shape index (κ1) is 16.8. The molecule has 1 amide bonds. The zero-order valence-electron chi connectivity index (χ0n) is 14.4. The van der Waals surface area contributed by atoms with Crippen molar-refractivity contribution in [1.82, 2.24) is 4.90 Å². The summed E-state index contributed by atoms with van der Waals surface area (Å²) in [5.41, 5.74) is 1.43. The lowest BCUT2D eigenvalue weighted by Gasteiger charge is -2.36. The number of rotatable bonds is 6. The predicted octanol–water partition coefficient (Wildman–Crippen LogP) is 3.56. The van der Waals surface area contributed by atoms with Crippen molar-refractivity contribution in [2.24, 2.45) is 0 Å². The zero-order chi connectivity index (χ0) is 17.2. The van der Waals surface area contributed by atoms with E-state index in [2.05, 4.69) is 6.92 Å². The van der Waals surface area contributed by atoms with E-state index in [1.807, 2.05) is 36.4 Å². The van der Waals surface area contributed by atoms with Crippen molar-refractivity contribution < 1.29 is 14.6 Å². The second-order valence-electron chi connectivity index (χ2n) is 6.49. The van der Waals surface area contributed by atoms with Gasteiger partial charge in [-0.25, -0.2) is 0 Å². The van der Waals surface area contributed by atoms with Crippen molar-refractivity contribution in [2.75, 3.05) is 7.11 Å². The van der Waals surface area contributed by atoms with E-state index in [4.69, 9.17) is 4.74 Å². The van der Waals surface area contributed by atoms with Crippen LogP contribution in [-0.4, -0.2) is 28.7 Å². The van der Waals surface area contributed by atoms with Crippen LogP contribution in [0.15, 0.2) is 47.6 Å². The number of aliphatic hydroxyl groups is 1. The number of carbonyl (C=O) groups excluding carboxylic acids is 1. The Kier molecular flexibility index (Phi) is 4.76. The van der Waals surface area contributed by atoms with Gasteiger partial charge < -0.3 is 14.7 Å². The molecule has 0 fully saturated rings. The molecular formula is C20H25NO3. The summed E-state index contributed by atoms with van der Waals surface area (Å²) in [5, 5.41) is 11.4. The fourth-order valence-electron chi connectivity index (χ4n) is 3.58. The molecule has 1 unspecified atom stereocenters. The number of carbonyl (C=O) groups is 1. The van der Waals surface area contributed by atoms with E-state index in [-0.39, 0.29) is 5.91 Å². The number of methoxy groups -OCH3 is 1. The highest BCUT2D eigenvalue weighted by Gasteiger charge is 2.48. The SMILES string of the molecule is CCCCC1(O)C2=C(C=CCC2)C(=O)N1Cc1ccc(OC)cc1. The van der Waals surface area contributed by atoms with Crippen LogP contribution in [-0.2, 0) is 11.3 Å². The molecule has 4 nitrogen and oxygen atoms in total. The van der Waals surface area contributed by atoms with Crippen LogP contribution in [0.2, 0.25) is 0 Å². The monoisotopic (exact) mass is 327 g/mol. The fourth-order valence-corrected chi connectivity index (χ4v) is 3.58. The number of benzene rings is 1. The van der Waals surface area contributed by atoms with Crippen LogP contribution in [0, 0.1) is 0 Å². The first-order chi connectivity index (χ1) is 11.6. The van der Waals surface area contributed by atoms with Crippen LogP contribution in [0.25, 0.3) is 0 Å². The van der Waals surface area contributed by atoms with Gasteiger partial charge in [0, 0.05) is 12.1 Å². The molecule has 3 rings (SSSR count). The number of hydrogen-bond donors (Lipinski definition) is 1. The van der Waals surface area contributed by atoms with Crippen molar-refractivity contribution in [2.45, 2.75) is 51.3 Å². The van der Waals surface area contributed by atoms with E-state index in [0.29, 0.717) is 18.5 Å². The van der Waals surface area contributed by atoms with E-state index in [1.165, 1.54) is 0 Å². The topological polar surface area (TPSA) is 49.8 Å². The van der Waals surface area contributed by atoms with Gasteiger partial charge in [0.15, 0.2) is 5.72 Å². The highest BCUT2D eigenvalue weighted by atomic mass is 16.5. The van der Waals surface area contributed by atoms with Crippen molar-refractivity contribution in [3.8, 4) is 5.75 Å². The molecule has 1 aromatic carbocycles. The first-order valence-electron chi connectivity index (χ1n) is 8.67. The lowest BCUT2D eigenvalue weighted by Crippen LogP contribution is -2.47. The van der Waals surface area contributed by atoms with Crippen molar-refractivity contribution in [1.29, 1.82) is 0 Å². The zero-order valence-corrected chi connectivity index (χ0v) is 14.4. The van der Waals surface area contributed by atoms with Gasteiger partial charge in [0.25, 0.3) is 5.91 Å². The first-order valence-corrected chi connectivity index (χ1v) is 8.67. The van der Waals surface area contributed by atoms with Crippen molar-refractivity contribution in [3.05, 3.63) is 53.1 Å². The van der Waals surface area contributed by atoms with Gasteiger partial charge in [-0.05, 0) is 49.0 Å². The third-order valence-electron chi connectivity index (χ3n) is 4.95. The Balaban J connectivity index is 1.89. The maximum absolute atomic E-state index is 12.9. The highest BCUT2D eigenvalue weighted by Crippen LogP contribution is 2.43. The summed E-state index contributed by atoms with van der Waals surface area (Å²) in [7, 11) is 1.63. The van der Waals surface area contributed by atoms with Gasteiger partial charge in [0.2, 0.25) is 0 Å². The molecule has 1 N–H and O–H groups in total. The summed E-state index contributed by atoms with van der Waals surface area (Å²) in [6, 6.07) is 7.65. The number of hydrogen-bond acceptors (Lipinski definition) is 3. The molecule has 24 heavy (non-hydrogen) atoms. The molecule has 128 valence electrons. The maximum Gasteiger partial charge on any atom is 0.256 e. The molecule has 1 aliphatic heterocycles. The Morgan fingerprint density at radius 2 is 2.04 bits per heavy atom. The molecule has 1 atom stereocenters. The van der Waals surface area contributed by atoms with E-state index < -0.39 is 5.72 Å². The van der Waals surface area contributed by atoms with Crippen LogP contribution >= 0.6 is 0 Å². The molecule has 0 saturated carbocycles. The van der Waals surface area contributed by atoms with Gasteiger partial charge in [0.1, 0.15) is 5.75 Å². The Labute approximate surface area is 143 Å². The van der Waals surface area contributed by atoms with Gasteiger partial charge in [0.05, 0.1) is 7.11 Å². The normalized spacial score (nSPS) is 23.0. The van der Waals surface area contributed by atoms with Gasteiger partial charge in [-0.3, -0.25) is 4.79 Å². The maximum atomic E-state index is 12.9. The molecule has 1 aromatic rings. The quantitative estimate of drug-likeness (QED) is 0.869. The van der Waals surface area contributed by atoms with Crippen LogP contribution in [0.3, 0.4) is 0 Å². The largest absolute Gasteiger partial charge is 0.497 e. The summed E-state index contributed by atoms with van der Waals surface area (Å²) in [6.07, 6.45) is 8.03. The summed E-state index contributed by atoms with van der Waals surface area (Å²) in [4.78, 5) is 14.5. The van der Waals surface area contributed by atoms with E-state index in [0.717, 1.165) is 42.6 Å². The summed E-state index contributed by atoms with van der Waals surface area (Å²) in [6.45, 7) is 2.51. The van der Waals surface area contributed by atoms with Crippen molar-refractivity contribution >= 4 is 5.91 Å². The second-order valence-corrected chi connectivity index (χ2v) is 6.49. The van der Waals surface area contributed by atoms with Crippen LogP contribution < -0.4 is 4.74 Å². The van der Waals surface area contributed by atoms with Crippen LogP contribution in [0.5, 0.6) is 5.75 Å². The summed E-state index contributed by atoms with van der Waals surface area (Å²) in [5.74, 6) is 0.725. The van der Waals surface area contributed by atoms with Crippen molar-refractivity contribution in [3.63, 3.8) is 0 Å². The predicted molar refractivity (Wildman–Crippen MR) is 93.4 cm³/mol. The molecule has 1 aliphatic carbocycles. The molecule has 0 aromatic heterocycles. The van der Waals surface area contributed by atoms with Crippen LogP contribution in [0.4, 0.5) is 0 Å². The molecule has 1 heterocycles. The van der Waals surface area contributed by atoms with Gasteiger partial charge >= 0.3 is 0 Å². The van der Waals surface area contributed by atoms with Gasteiger partial charge in [-0.2, -0.15) is 0 Å². The number of amides is 1. The number of unbranched alkanes of at least 4 members (excludes halogenated alkanes) is 1. The Morgan fingerprint density at radius 3 is 2.71 bits per heavy atom. The lowest BCUT2D eigenvalue weighted by molar-refractivity contribution is -0.145. The minimum atomic E-state index is -1.15. The average Bonchev–Trinajstić information content (AvgIpc) is 2.83. The number of allylic oxidation sites excluding steroid dienone is 1. The van der Waals surface area contributed by atoms with Gasteiger partial charge in [-0.15, -0.1) is 0 Å². The number of ether oxygens (including phenoxy) is 1. The second kappa shape index (κ2) is 6.81. The molecule has 2 aliphatic rings. The highest BCUT2D eigenvalue weighted by molar-refractivity contribution is 6.01. The molecule has 0 radical (unpaired) electrons. The summed E-state index contributed by atoms with van der Waals surface area (Å²) < 4.78 is 5.18. The molecule has 0 bridgehead atoms. The van der Waals surface area contributed by atoms with Crippen LogP contribution in [0.1, 0.15) is 44.6 Å². The average molecular weight is 327 g/mol. The molecule has 0 saturated heterocycles. The van der Waals surface area contributed by atoms with E-state index >= 15 is 0 Å². The molecule has 4 heteroatoms. The Bertz CT molecular complexity index is 675. The number of nitrogens with zero attached hydrogens (tertiary/aromatic N) is 1. The minimum Gasteiger partial charge on any atom is -0.497 e. The minimum absolute atomic E-state index is 0.0598. The van der Waals surface area contributed by atoms with E-state index in [9.17, 15) is 9.90 Å². The Morgan fingerprint density at radius 1 is 1.29 bits per heavy atom. The third kappa shape index (κ3) is 2.86. The van der Waals surface area contributed by atoms with Gasteiger partial charge in [-0.1, -0.05) is 37.6 Å². The fraction of sp³-hybridized carbons (Fsp3) is 0.450. The smallest absolute Gasteiger partial charge is 0.256 e. The summed E-state index contributed by atoms with van der Waals surface area (Å²) >= 11 is 0. The Hall–Kier alpha value is -2.07. The lowest BCUT2D eigenvalue weighted by atomic mass is 9.89. The van der Waals surface area contributed by atoms with E-state index in [1.54, 1.807) is 12.0 Å². The standard InChI is InChI=1S/C20H25NO3/c1-3-4-13-20(23)18-8-6-5-7-17(18)19(22)21(20)14-15-9-11-16(24-2)12-10-15/h5,7,9-12,23H,3-4,6,8,13-14H2,1-2H3.